The van der Waals surface area contributed by atoms with Crippen LogP contribution in [0.5, 0.6) is 0 Å². The van der Waals surface area contributed by atoms with Crippen LogP contribution >= 0.6 is 0 Å². The first kappa shape index (κ1) is 22.2. The zero-order valence-electron chi connectivity index (χ0n) is 20.2. The molecule has 0 radical (unpaired) electrons. The molecule has 36 heavy (non-hydrogen) atoms. The normalized spacial score (nSPS) is 17.3. The Morgan fingerprint density at radius 3 is 2.56 bits per heavy atom. The summed E-state index contributed by atoms with van der Waals surface area (Å²) in [5, 5.41) is 8.74. The summed E-state index contributed by atoms with van der Waals surface area (Å²) in [6.07, 6.45) is 10.1. The summed E-state index contributed by atoms with van der Waals surface area (Å²) < 4.78 is 17.7. The van der Waals surface area contributed by atoms with Crippen molar-refractivity contribution in [3.8, 4) is 11.4 Å². The molecule has 2 aliphatic heterocycles. The Hall–Kier alpha value is -4.33. The average molecular weight is 480 g/mol. The van der Waals surface area contributed by atoms with E-state index in [1.54, 1.807) is 24.7 Å². The maximum Gasteiger partial charge on any atom is 0.160 e. The molecule has 0 saturated heterocycles. The number of hydrogen-bond donors (Lipinski definition) is 0. The first-order valence-corrected chi connectivity index (χ1v) is 12.2. The van der Waals surface area contributed by atoms with Crippen molar-refractivity contribution in [3.05, 3.63) is 96.6 Å². The maximum absolute atomic E-state index is 13.6. The molecule has 0 fully saturated rings. The van der Waals surface area contributed by atoms with Crippen LogP contribution in [0.25, 0.3) is 22.9 Å². The van der Waals surface area contributed by atoms with Crippen molar-refractivity contribution in [2.45, 2.75) is 39.2 Å². The summed E-state index contributed by atoms with van der Waals surface area (Å²) in [4.78, 5) is 12.2. The lowest BCUT2D eigenvalue weighted by atomic mass is 10.0. The van der Waals surface area contributed by atoms with Crippen molar-refractivity contribution in [1.82, 2.24) is 24.3 Å². The Labute approximate surface area is 209 Å². The van der Waals surface area contributed by atoms with E-state index in [9.17, 15) is 4.39 Å². The lowest BCUT2D eigenvalue weighted by Gasteiger charge is -2.38. The lowest BCUT2D eigenvalue weighted by molar-refractivity contribution is 0.614. The standard InChI is InChI=1S/C28H26FN7/c1-3-19-12-15-24-27(32-26(19)34-17-16-30-25(34)20-10-13-21(29)14-11-20)36(22-8-6-5-7-9-22)23(4-2)28-33-31-18-35(24)28/h5-11,13-18,23H,3-4,12H2,1-2H3. The monoisotopic (exact) mass is 479 g/mol. The van der Waals surface area contributed by atoms with Crippen LogP contribution < -0.4 is 4.90 Å². The molecule has 7 nitrogen and oxygen atoms in total. The van der Waals surface area contributed by atoms with Gasteiger partial charge in [0, 0.05) is 23.6 Å². The second kappa shape index (κ2) is 9.03. The van der Waals surface area contributed by atoms with Crippen LogP contribution in [0, 0.1) is 5.82 Å². The predicted octanol–water partition coefficient (Wildman–Crippen LogP) is 6.17. The van der Waals surface area contributed by atoms with Crippen molar-refractivity contribution in [2.24, 2.45) is 4.99 Å². The molecule has 0 spiro atoms. The van der Waals surface area contributed by atoms with Crippen molar-refractivity contribution >= 4 is 23.0 Å². The van der Waals surface area contributed by atoms with Gasteiger partial charge in [-0.15, -0.1) is 10.2 Å². The number of aliphatic imine (C=N–C) groups is 1. The quantitative estimate of drug-likeness (QED) is 0.343. The van der Waals surface area contributed by atoms with Gasteiger partial charge < -0.3 is 4.90 Å². The van der Waals surface area contributed by atoms with Crippen LogP contribution in [0.2, 0.25) is 0 Å². The van der Waals surface area contributed by atoms with Gasteiger partial charge in [0.15, 0.2) is 11.7 Å². The number of halogens is 1. The van der Waals surface area contributed by atoms with Gasteiger partial charge in [-0.2, -0.15) is 0 Å². The molecule has 8 heteroatoms. The number of nitrogens with zero attached hydrogens (tertiary/aromatic N) is 7. The molecule has 1 atom stereocenters. The minimum absolute atomic E-state index is 0.0189. The number of aromatic nitrogens is 5. The van der Waals surface area contributed by atoms with E-state index in [4.69, 9.17) is 4.99 Å². The summed E-state index contributed by atoms with van der Waals surface area (Å²) >= 11 is 0. The fourth-order valence-electron chi connectivity index (χ4n) is 5.01. The minimum Gasteiger partial charge on any atom is -0.314 e. The molecule has 0 bridgehead atoms. The number of amidine groups is 1. The van der Waals surface area contributed by atoms with Gasteiger partial charge in [0.05, 0.1) is 11.7 Å². The number of rotatable bonds is 5. The fourth-order valence-corrected chi connectivity index (χ4v) is 5.01. The topological polar surface area (TPSA) is 64.1 Å². The molecule has 0 amide bonds. The summed E-state index contributed by atoms with van der Waals surface area (Å²) in [5.41, 5.74) is 4.03. The predicted molar refractivity (Wildman–Crippen MR) is 139 cm³/mol. The number of hydrogen-bond acceptors (Lipinski definition) is 5. The number of para-hydroxylation sites is 1. The SMILES string of the molecule is CCC1=C(n2ccnc2-c2ccc(F)cc2)N=C2C(=CC1)n1cnnc1C(CC)N2c1ccccc1. The summed E-state index contributed by atoms with van der Waals surface area (Å²) in [5.74, 6) is 3.04. The molecule has 4 aromatic rings. The van der Waals surface area contributed by atoms with Gasteiger partial charge in [-0.3, -0.25) is 9.13 Å². The van der Waals surface area contributed by atoms with Gasteiger partial charge in [0.25, 0.3) is 0 Å². The summed E-state index contributed by atoms with van der Waals surface area (Å²) in [6.45, 7) is 4.30. The highest BCUT2D eigenvalue weighted by molar-refractivity contribution is 6.27. The Balaban J connectivity index is 1.57. The molecule has 0 saturated carbocycles. The highest BCUT2D eigenvalue weighted by Crippen LogP contribution is 2.40. The molecule has 4 heterocycles. The van der Waals surface area contributed by atoms with Crippen LogP contribution in [0.15, 0.2) is 90.0 Å². The average Bonchev–Trinajstić information content (AvgIpc) is 3.56. The molecule has 180 valence electrons. The second-order valence-corrected chi connectivity index (χ2v) is 8.83. The van der Waals surface area contributed by atoms with Gasteiger partial charge in [0.2, 0.25) is 0 Å². The molecule has 2 aliphatic rings. The molecular formula is C28H26FN7. The van der Waals surface area contributed by atoms with Gasteiger partial charge >= 0.3 is 0 Å². The zero-order valence-corrected chi connectivity index (χ0v) is 20.2. The van der Waals surface area contributed by atoms with E-state index in [-0.39, 0.29) is 11.9 Å². The van der Waals surface area contributed by atoms with Gasteiger partial charge in [-0.05, 0) is 61.2 Å². The molecule has 6 rings (SSSR count). The van der Waals surface area contributed by atoms with E-state index in [0.29, 0.717) is 0 Å². The van der Waals surface area contributed by atoms with Crippen LogP contribution in [-0.2, 0) is 0 Å². The van der Waals surface area contributed by atoms with Crippen molar-refractivity contribution in [3.63, 3.8) is 0 Å². The fraction of sp³-hybridized carbons (Fsp3) is 0.214. The zero-order chi connectivity index (χ0) is 24.6. The number of imidazole rings is 1. The van der Waals surface area contributed by atoms with Crippen LogP contribution in [0.3, 0.4) is 0 Å². The van der Waals surface area contributed by atoms with Crippen molar-refractivity contribution < 1.29 is 4.39 Å². The van der Waals surface area contributed by atoms with E-state index in [0.717, 1.165) is 59.5 Å². The van der Waals surface area contributed by atoms with E-state index in [1.807, 2.05) is 29.0 Å². The third-order valence-electron chi connectivity index (χ3n) is 6.79. The van der Waals surface area contributed by atoms with E-state index < -0.39 is 0 Å². The van der Waals surface area contributed by atoms with Crippen LogP contribution in [0.1, 0.15) is 45.0 Å². The first-order valence-electron chi connectivity index (χ1n) is 12.2. The van der Waals surface area contributed by atoms with Crippen molar-refractivity contribution in [1.29, 1.82) is 0 Å². The largest absolute Gasteiger partial charge is 0.314 e. The van der Waals surface area contributed by atoms with Gasteiger partial charge in [0.1, 0.15) is 23.8 Å². The highest BCUT2D eigenvalue weighted by atomic mass is 19.1. The smallest absolute Gasteiger partial charge is 0.160 e. The Kier molecular flexibility index (Phi) is 5.56. The first-order chi connectivity index (χ1) is 17.7. The summed E-state index contributed by atoms with van der Waals surface area (Å²) in [7, 11) is 0. The summed E-state index contributed by atoms with van der Waals surface area (Å²) in [6, 6.07) is 16.7. The number of anilines is 1. The van der Waals surface area contributed by atoms with Gasteiger partial charge in [-0.1, -0.05) is 38.1 Å². The molecule has 2 aromatic heterocycles. The van der Waals surface area contributed by atoms with Gasteiger partial charge in [-0.25, -0.2) is 14.4 Å². The van der Waals surface area contributed by atoms with Crippen LogP contribution in [0.4, 0.5) is 10.1 Å². The van der Waals surface area contributed by atoms with Crippen molar-refractivity contribution in [2.75, 3.05) is 4.90 Å². The molecule has 2 aromatic carbocycles. The number of fused-ring (bicyclic) bond motifs is 3. The third kappa shape index (κ3) is 3.57. The Bertz CT molecular complexity index is 1490. The van der Waals surface area contributed by atoms with Crippen LogP contribution in [-0.4, -0.2) is 30.2 Å². The highest BCUT2D eigenvalue weighted by Gasteiger charge is 2.37. The minimum atomic E-state index is -0.273. The number of benzene rings is 2. The Morgan fingerprint density at radius 2 is 1.81 bits per heavy atom. The molecule has 0 N–H and O–H groups in total. The molecule has 1 unspecified atom stereocenters. The molecular weight excluding hydrogens is 453 g/mol. The third-order valence-corrected chi connectivity index (χ3v) is 6.79. The second-order valence-electron chi connectivity index (χ2n) is 8.83. The number of allylic oxidation sites excluding steroid dienone is 2. The lowest BCUT2D eigenvalue weighted by Crippen LogP contribution is -2.42. The molecule has 0 aliphatic carbocycles. The van der Waals surface area contributed by atoms with E-state index in [2.05, 4.69) is 56.7 Å². The Morgan fingerprint density at radius 1 is 1.00 bits per heavy atom. The maximum atomic E-state index is 13.6. The van der Waals surface area contributed by atoms with E-state index in [1.165, 1.54) is 17.7 Å². The van der Waals surface area contributed by atoms with E-state index >= 15 is 0 Å².